The Morgan fingerprint density at radius 1 is 1.00 bits per heavy atom. The lowest BCUT2D eigenvalue weighted by Crippen LogP contribution is -2.46. The molecular formula is C34H29N5O4S. The van der Waals surface area contributed by atoms with Gasteiger partial charge in [-0.2, -0.15) is 5.26 Å². The molecule has 3 N–H and O–H groups in total. The Bertz CT molecular complexity index is 1770. The van der Waals surface area contributed by atoms with Crippen LogP contribution in [0, 0.1) is 18.3 Å². The first-order valence-electron chi connectivity index (χ1n) is 13.9. The van der Waals surface area contributed by atoms with Gasteiger partial charge in [0, 0.05) is 22.7 Å². The van der Waals surface area contributed by atoms with E-state index < -0.39 is 23.9 Å². The minimum Gasteiger partial charge on any atom is -0.463 e. The summed E-state index contributed by atoms with van der Waals surface area (Å²) in [6, 6.07) is 28.5. The van der Waals surface area contributed by atoms with E-state index in [0.29, 0.717) is 33.2 Å². The molecule has 0 saturated heterocycles. The third-order valence-corrected chi connectivity index (χ3v) is 7.91. The van der Waals surface area contributed by atoms with Crippen LogP contribution in [-0.2, 0) is 9.53 Å². The Morgan fingerprint density at radius 3 is 2.27 bits per heavy atom. The van der Waals surface area contributed by atoms with E-state index in [-0.39, 0.29) is 29.1 Å². The van der Waals surface area contributed by atoms with Gasteiger partial charge in [-0.25, -0.2) is 14.6 Å². The second kappa shape index (κ2) is 13.7. The SMILES string of the molecule is CCOC(=O)C1=C(CSc2nc(C)c(C(=O)Nc3ccccc3)c(-c3ccccc3)c2C#N)NC(=O)NC1c1ccccc1. The number of anilines is 1. The van der Waals surface area contributed by atoms with E-state index in [1.165, 1.54) is 11.8 Å². The number of rotatable bonds is 9. The van der Waals surface area contributed by atoms with Gasteiger partial charge in [0.25, 0.3) is 5.91 Å². The minimum absolute atomic E-state index is 0.107. The summed E-state index contributed by atoms with van der Waals surface area (Å²) in [7, 11) is 0. The van der Waals surface area contributed by atoms with Crippen molar-refractivity contribution in [2.24, 2.45) is 0 Å². The number of amides is 3. The fraction of sp³-hybridized carbons (Fsp3) is 0.147. The van der Waals surface area contributed by atoms with Crippen molar-refractivity contribution < 1.29 is 19.1 Å². The van der Waals surface area contributed by atoms with Gasteiger partial charge in [0.1, 0.15) is 11.1 Å². The van der Waals surface area contributed by atoms with Gasteiger partial charge in [0.05, 0.1) is 35.0 Å². The molecule has 1 aliphatic rings. The van der Waals surface area contributed by atoms with Crippen molar-refractivity contribution in [2.45, 2.75) is 24.9 Å². The average Bonchev–Trinajstić information content (AvgIpc) is 3.04. The Kier molecular flexibility index (Phi) is 9.37. The summed E-state index contributed by atoms with van der Waals surface area (Å²) in [4.78, 5) is 44.3. The number of aromatic nitrogens is 1. The van der Waals surface area contributed by atoms with Crippen molar-refractivity contribution >= 4 is 35.4 Å². The van der Waals surface area contributed by atoms with Crippen molar-refractivity contribution in [1.82, 2.24) is 15.6 Å². The Labute approximate surface area is 259 Å². The topological polar surface area (TPSA) is 133 Å². The highest BCUT2D eigenvalue weighted by Gasteiger charge is 2.34. The largest absolute Gasteiger partial charge is 0.463 e. The fourth-order valence-electron chi connectivity index (χ4n) is 4.99. The van der Waals surface area contributed by atoms with Crippen molar-refractivity contribution in [2.75, 3.05) is 17.7 Å². The van der Waals surface area contributed by atoms with E-state index in [1.807, 2.05) is 78.9 Å². The lowest BCUT2D eigenvalue weighted by Gasteiger charge is -2.29. The number of nitrogens with one attached hydrogen (secondary N) is 3. The molecule has 0 bridgehead atoms. The van der Waals surface area contributed by atoms with Crippen molar-refractivity contribution in [1.29, 1.82) is 5.26 Å². The Morgan fingerprint density at radius 2 is 1.64 bits per heavy atom. The molecule has 3 amide bonds. The standard InChI is InChI=1S/C34H29N5O4S/c1-3-43-33(41)29-26(38-34(42)39-30(29)23-15-9-5-10-16-23)20-44-32-25(19-35)28(22-13-7-4-8-14-22)27(21(2)36-32)31(40)37-24-17-11-6-12-18-24/h4-18,30H,3,20H2,1-2H3,(H,37,40)(H2,38,39,42). The number of aryl methyl sites for hydroxylation is 1. The van der Waals surface area contributed by atoms with Gasteiger partial charge in [0.15, 0.2) is 0 Å². The highest BCUT2D eigenvalue weighted by molar-refractivity contribution is 7.99. The lowest BCUT2D eigenvalue weighted by atomic mass is 9.94. The molecule has 1 aliphatic heterocycles. The molecule has 10 heteroatoms. The number of carbonyl (C=O) groups is 3. The van der Waals surface area contributed by atoms with Crippen LogP contribution in [0.25, 0.3) is 11.1 Å². The predicted octanol–water partition coefficient (Wildman–Crippen LogP) is 6.14. The third kappa shape index (κ3) is 6.48. The number of nitriles is 1. The zero-order chi connectivity index (χ0) is 31.1. The van der Waals surface area contributed by atoms with Gasteiger partial charge in [0.2, 0.25) is 0 Å². The molecule has 0 spiro atoms. The highest BCUT2D eigenvalue weighted by Crippen LogP contribution is 2.37. The van der Waals surface area contributed by atoms with Crippen LogP contribution in [-0.4, -0.2) is 35.3 Å². The summed E-state index contributed by atoms with van der Waals surface area (Å²) in [5, 5.41) is 19.3. The van der Waals surface area contributed by atoms with Crippen LogP contribution in [0.15, 0.2) is 107 Å². The van der Waals surface area contributed by atoms with Crippen LogP contribution < -0.4 is 16.0 Å². The summed E-state index contributed by atoms with van der Waals surface area (Å²) < 4.78 is 5.37. The van der Waals surface area contributed by atoms with Gasteiger partial charge in [-0.3, -0.25) is 4.79 Å². The average molecular weight is 604 g/mol. The molecule has 2 heterocycles. The van der Waals surface area contributed by atoms with Crippen molar-refractivity contribution in [3.05, 3.63) is 125 Å². The van der Waals surface area contributed by atoms with Crippen LogP contribution in [0.3, 0.4) is 0 Å². The Hall–Kier alpha value is -5.40. The number of benzene rings is 3. The molecule has 0 radical (unpaired) electrons. The normalized spacial score (nSPS) is 14.2. The van der Waals surface area contributed by atoms with Gasteiger partial charge < -0.3 is 20.7 Å². The van der Waals surface area contributed by atoms with E-state index in [0.717, 1.165) is 5.56 Å². The number of hydrogen-bond acceptors (Lipinski definition) is 7. The van der Waals surface area contributed by atoms with E-state index in [9.17, 15) is 19.6 Å². The van der Waals surface area contributed by atoms with Gasteiger partial charge in [-0.15, -0.1) is 0 Å². The summed E-state index contributed by atoms with van der Waals surface area (Å²) in [6.07, 6.45) is 0. The Balaban J connectivity index is 1.58. The first-order valence-corrected chi connectivity index (χ1v) is 14.9. The summed E-state index contributed by atoms with van der Waals surface area (Å²) in [6.45, 7) is 3.59. The van der Waals surface area contributed by atoms with Crippen LogP contribution in [0.4, 0.5) is 10.5 Å². The molecule has 220 valence electrons. The number of para-hydroxylation sites is 1. The second-order valence-corrected chi connectivity index (χ2v) is 10.7. The number of esters is 1. The molecule has 4 aromatic rings. The van der Waals surface area contributed by atoms with E-state index in [2.05, 4.69) is 22.0 Å². The summed E-state index contributed by atoms with van der Waals surface area (Å²) >= 11 is 1.19. The number of pyridine rings is 1. The van der Waals surface area contributed by atoms with Crippen LogP contribution in [0.5, 0.6) is 0 Å². The van der Waals surface area contributed by atoms with E-state index in [1.54, 1.807) is 26.0 Å². The van der Waals surface area contributed by atoms with Crippen LogP contribution >= 0.6 is 11.8 Å². The molecule has 1 atom stereocenters. The summed E-state index contributed by atoms with van der Waals surface area (Å²) in [5.74, 6) is -0.848. The quantitative estimate of drug-likeness (QED) is 0.154. The lowest BCUT2D eigenvalue weighted by molar-refractivity contribution is -0.139. The number of carbonyl (C=O) groups excluding carboxylic acids is 3. The first-order chi connectivity index (χ1) is 21.4. The fourth-order valence-corrected chi connectivity index (χ4v) is 5.99. The molecule has 0 aliphatic carbocycles. The maximum absolute atomic E-state index is 13.6. The monoisotopic (exact) mass is 603 g/mol. The van der Waals surface area contributed by atoms with Gasteiger partial charge in [-0.1, -0.05) is 90.6 Å². The van der Waals surface area contributed by atoms with Gasteiger partial charge in [-0.05, 0) is 37.1 Å². The van der Waals surface area contributed by atoms with E-state index in [4.69, 9.17) is 9.72 Å². The molecule has 5 rings (SSSR count). The maximum Gasteiger partial charge on any atom is 0.338 e. The maximum atomic E-state index is 13.6. The number of thioether (sulfide) groups is 1. The van der Waals surface area contributed by atoms with E-state index >= 15 is 0 Å². The minimum atomic E-state index is -0.728. The van der Waals surface area contributed by atoms with Gasteiger partial charge >= 0.3 is 12.0 Å². The molecule has 0 saturated carbocycles. The highest BCUT2D eigenvalue weighted by atomic mass is 32.2. The number of ether oxygens (including phenoxy) is 1. The zero-order valence-corrected chi connectivity index (χ0v) is 24.9. The third-order valence-electron chi connectivity index (χ3n) is 6.91. The van der Waals surface area contributed by atoms with Crippen molar-refractivity contribution in [3.8, 4) is 17.2 Å². The zero-order valence-electron chi connectivity index (χ0n) is 24.1. The molecule has 9 nitrogen and oxygen atoms in total. The van der Waals surface area contributed by atoms with Crippen LogP contribution in [0.1, 0.15) is 40.1 Å². The molecular weight excluding hydrogens is 574 g/mol. The molecule has 44 heavy (non-hydrogen) atoms. The first kappa shape index (κ1) is 30.1. The molecule has 3 aromatic carbocycles. The number of nitrogens with zero attached hydrogens (tertiary/aromatic N) is 2. The molecule has 1 unspecified atom stereocenters. The second-order valence-electron chi connectivity index (χ2n) is 9.77. The number of urea groups is 1. The smallest absolute Gasteiger partial charge is 0.338 e. The number of hydrogen-bond donors (Lipinski definition) is 3. The van der Waals surface area contributed by atoms with Crippen molar-refractivity contribution in [3.63, 3.8) is 0 Å². The molecule has 1 aromatic heterocycles. The summed E-state index contributed by atoms with van der Waals surface area (Å²) in [5.41, 5.74) is 4.00. The van der Waals surface area contributed by atoms with Crippen LogP contribution in [0.2, 0.25) is 0 Å². The molecule has 0 fully saturated rings. The predicted molar refractivity (Wildman–Crippen MR) is 169 cm³/mol.